The summed E-state index contributed by atoms with van der Waals surface area (Å²) in [6.07, 6.45) is 0. The fourth-order valence-corrected chi connectivity index (χ4v) is 2.43. The second-order valence-electron chi connectivity index (χ2n) is 3.86. The summed E-state index contributed by atoms with van der Waals surface area (Å²) in [5.41, 5.74) is 7.86. The van der Waals surface area contributed by atoms with Crippen LogP contribution in [0.2, 0.25) is 0 Å². The molecule has 18 heavy (non-hydrogen) atoms. The molecule has 0 spiro atoms. The molecular formula is C14H13NO2S. The monoisotopic (exact) mass is 259 g/mol. The number of nitrogens with two attached hydrogens (primary N) is 1. The summed E-state index contributed by atoms with van der Waals surface area (Å²) in [4.78, 5) is 11.8. The van der Waals surface area contributed by atoms with Crippen molar-refractivity contribution >= 4 is 23.4 Å². The van der Waals surface area contributed by atoms with Gasteiger partial charge in [-0.25, -0.2) is 4.79 Å². The van der Waals surface area contributed by atoms with Crippen LogP contribution in [-0.4, -0.2) is 11.1 Å². The minimum atomic E-state index is -0.898. The summed E-state index contributed by atoms with van der Waals surface area (Å²) < 4.78 is 0. The van der Waals surface area contributed by atoms with E-state index in [4.69, 9.17) is 10.8 Å². The topological polar surface area (TPSA) is 63.3 Å². The summed E-state index contributed by atoms with van der Waals surface area (Å²) in [5.74, 6) is -0.103. The number of benzene rings is 2. The van der Waals surface area contributed by atoms with Gasteiger partial charge in [0, 0.05) is 16.3 Å². The summed E-state index contributed by atoms with van der Waals surface area (Å²) in [5, 5.41) is 8.80. The van der Waals surface area contributed by atoms with Crippen molar-refractivity contribution in [1.82, 2.24) is 0 Å². The van der Waals surface area contributed by atoms with Crippen molar-refractivity contribution in [3.8, 4) is 0 Å². The lowest BCUT2D eigenvalue weighted by Gasteiger charge is -2.03. The molecule has 0 fully saturated rings. The number of aromatic carboxylic acids is 1. The second kappa shape index (κ2) is 5.60. The number of carboxylic acid groups (broad SMARTS) is 1. The van der Waals surface area contributed by atoms with E-state index < -0.39 is 5.97 Å². The Morgan fingerprint density at radius 1 is 1.17 bits per heavy atom. The first-order valence-electron chi connectivity index (χ1n) is 5.46. The van der Waals surface area contributed by atoms with Crippen molar-refractivity contribution in [3.05, 3.63) is 59.7 Å². The number of nitrogen functional groups attached to an aromatic ring is 1. The minimum Gasteiger partial charge on any atom is -0.478 e. The summed E-state index contributed by atoms with van der Waals surface area (Å²) in [6, 6.07) is 14.6. The number of thioether (sulfide) groups is 1. The Bertz CT molecular complexity index is 552. The number of carbonyl (C=O) groups is 1. The van der Waals surface area contributed by atoms with Crippen LogP contribution in [0.25, 0.3) is 0 Å². The molecule has 0 aliphatic carbocycles. The van der Waals surface area contributed by atoms with Gasteiger partial charge in [-0.15, -0.1) is 11.8 Å². The molecule has 92 valence electrons. The quantitative estimate of drug-likeness (QED) is 0.653. The van der Waals surface area contributed by atoms with Gasteiger partial charge in [-0.2, -0.15) is 0 Å². The van der Waals surface area contributed by atoms with Gasteiger partial charge in [0.05, 0.1) is 5.56 Å². The average molecular weight is 259 g/mol. The zero-order valence-corrected chi connectivity index (χ0v) is 10.5. The van der Waals surface area contributed by atoms with Gasteiger partial charge in [0.25, 0.3) is 0 Å². The van der Waals surface area contributed by atoms with Gasteiger partial charge in [0.1, 0.15) is 0 Å². The molecule has 0 aromatic heterocycles. The maximum absolute atomic E-state index is 10.7. The highest BCUT2D eigenvalue weighted by atomic mass is 32.2. The van der Waals surface area contributed by atoms with E-state index in [9.17, 15) is 4.79 Å². The fourth-order valence-electron chi connectivity index (χ4n) is 1.51. The van der Waals surface area contributed by atoms with Gasteiger partial charge in [-0.1, -0.05) is 18.2 Å². The maximum atomic E-state index is 10.7. The second-order valence-corrected chi connectivity index (χ2v) is 4.91. The lowest BCUT2D eigenvalue weighted by molar-refractivity contribution is 0.0697. The summed E-state index contributed by atoms with van der Waals surface area (Å²) >= 11 is 1.67. The van der Waals surface area contributed by atoms with Gasteiger partial charge in [0.15, 0.2) is 0 Å². The van der Waals surface area contributed by atoms with E-state index in [0.29, 0.717) is 5.56 Å². The molecule has 4 heteroatoms. The summed E-state index contributed by atoms with van der Waals surface area (Å²) in [7, 11) is 0. The van der Waals surface area contributed by atoms with Crippen LogP contribution >= 0.6 is 11.8 Å². The molecular weight excluding hydrogens is 246 g/mol. The molecule has 0 bridgehead atoms. The maximum Gasteiger partial charge on any atom is 0.335 e. The van der Waals surface area contributed by atoms with E-state index in [1.807, 2.05) is 36.4 Å². The Kier molecular flexibility index (Phi) is 3.89. The van der Waals surface area contributed by atoms with Crippen molar-refractivity contribution < 1.29 is 9.90 Å². The fraction of sp³-hybridized carbons (Fsp3) is 0.0714. The van der Waals surface area contributed by atoms with E-state index in [0.717, 1.165) is 21.9 Å². The van der Waals surface area contributed by atoms with E-state index in [1.165, 1.54) is 0 Å². The molecule has 0 heterocycles. The standard InChI is InChI=1S/C14H13NO2S/c15-12-2-1-3-13(8-12)18-9-10-4-6-11(7-5-10)14(16)17/h1-8H,9,15H2,(H,16,17). The molecule has 3 N–H and O–H groups in total. The van der Waals surface area contributed by atoms with Gasteiger partial charge in [0.2, 0.25) is 0 Å². The SMILES string of the molecule is Nc1cccc(SCc2ccc(C(=O)O)cc2)c1. The third kappa shape index (κ3) is 3.28. The lowest BCUT2D eigenvalue weighted by atomic mass is 10.1. The first-order chi connectivity index (χ1) is 8.65. The smallest absolute Gasteiger partial charge is 0.335 e. The molecule has 0 unspecified atom stereocenters. The molecule has 0 radical (unpaired) electrons. The summed E-state index contributed by atoms with van der Waals surface area (Å²) in [6.45, 7) is 0. The van der Waals surface area contributed by atoms with Crippen LogP contribution in [0, 0.1) is 0 Å². The van der Waals surface area contributed by atoms with Crippen LogP contribution in [0.3, 0.4) is 0 Å². The van der Waals surface area contributed by atoms with Crippen LogP contribution in [-0.2, 0) is 5.75 Å². The molecule has 0 atom stereocenters. The van der Waals surface area contributed by atoms with Crippen LogP contribution < -0.4 is 5.73 Å². The zero-order chi connectivity index (χ0) is 13.0. The number of anilines is 1. The molecule has 2 rings (SSSR count). The third-order valence-corrected chi connectivity index (χ3v) is 3.53. The Morgan fingerprint density at radius 3 is 2.50 bits per heavy atom. The largest absolute Gasteiger partial charge is 0.478 e. The molecule has 0 saturated heterocycles. The minimum absolute atomic E-state index is 0.313. The van der Waals surface area contributed by atoms with Crippen LogP contribution in [0.1, 0.15) is 15.9 Å². The molecule has 2 aromatic carbocycles. The van der Waals surface area contributed by atoms with Crippen LogP contribution in [0.15, 0.2) is 53.4 Å². The predicted octanol–water partition coefficient (Wildman–Crippen LogP) is 3.26. The Balaban J connectivity index is 2.00. The number of hydrogen-bond donors (Lipinski definition) is 2. The highest BCUT2D eigenvalue weighted by Crippen LogP contribution is 2.24. The lowest BCUT2D eigenvalue weighted by Crippen LogP contribution is -1.95. The molecule has 0 aliphatic heterocycles. The predicted molar refractivity (Wildman–Crippen MR) is 73.8 cm³/mol. The molecule has 0 aliphatic rings. The first kappa shape index (κ1) is 12.5. The normalized spacial score (nSPS) is 10.2. The van der Waals surface area contributed by atoms with Crippen molar-refractivity contribution in [2.24, 2.45) is 0 Å². The van der Waals surface area contributed by atoms with E-state index in [2.05, 4.69) is 0 Å². The van der Waals surface area contributed by atoms with Gasteiger partial charge < -0.3 is 10.8 Å². The highest BCUT2D eigenvalue weighted by Gasteiger charge is 2.02. The van der Waals surface area contributed by atoms with Gasteiger partial charge >= 0.3 is 5.97 Å². The number of carboxylic acids is 1. The molecule has 2 aromatic rings. The highest BCUT2D eigenvalue weighted by molar-refractivity contribution is 7.98. The third-order valence-electron chi connectivity index (χ3n) is 2.46. The van der Waals surface area contributed by atoms with Crippen molar-refractivity contribution in [1.29, 1.82) is 0 Å². The Morgan fingerprint density at radius 2 is 1.89 bits per heavy atom. The van der Waals surface area contributed by atoms with Gasteiger partial charge in [-0.3, -0.25) is 0 Å². The van der Waals surface area contributed by atoms with E-state index in [-0.39, 0.29) is 0 Å². The number of hydrogen-bond acceptors (Lipinski definition) is 3. The van der Waals surface area contributed by atoms with Crippen molar-refractivity contribution in [2.75, 3.05) is 5.73 Å². The molecule has 3 nitrogen and oxygen atoms in total. The van der Waals surface area contributed by atoms with Crippen molar-refractivity contribution in [2.45, 2.75) is 10.6 Å². The Hall–Kier alpha value is -1.94. The number of rotatable bonds is 4. The van der Waals surface area contributed by atoms with Crippen LogP contribution in [0.5, 0.6) is 0 Å². The first-order valence-corrected chi connectivity index (χ1v) is 6.44. The Labute approximate surface area is 110 Å². The van der Waals surface area contributed by atoms with Crippen LogP contribution in [0.4, 0.5) is 5.69 Å². The molecule has 0 amide bonds. The average Bonchev–Trinajstić information content (AvgIpc) is 2.37. The zero-order valence-electron chi connectivity index (χ0n) is 9.67. The molecule has 0 saturated carbocycles. The van der Waals surface area contributed by atoms with Crippen molar-refractivity contribution in [3.63, 3.8) is 0 Å². The van der Waals surface area contributed by atoms with E-state index in [1.54, 1.807) is 23.9 Å². The van der Waals surface area contributed by atoms with E-state index >= 15 is 0 Å². The van der Waals surface area contributed by atoms with Gasteiger partial charge in [-0.05, 0) is 35.9 Å².